The van der Waals surface area contributed by atoms with Gasteiger partial charge in [0.05, 0.1) is 12.6 Å². The molecule has 1 aromatic rings. The quantitative estimate of drug-likeness (QED) is 0.490. The molecule has 0 radical (unpaired) electrons. The van der Waals surface area contributed by atoms with Crippen molar-refractivity contribution < 1.29 is 23.8 Å². The van der Waals surface area contributed by atoms with Crippen LogP contribution in [0.15, 0.2) is 12.1 Å². The van der Waals surface area contributed by atoms with E-state index in [2.05, 4.69) is 12.1 Å². The van der Waals surface area contributed by atoms with E-state index in [4.69, 9.17) is 19.2 Å². The van der Waals surface area contributed by atoms with Gasteiger partial charge in [-0.2, -0.15) is 0 Å². The van der Waals surface area contributed by atoms with Gasteiger partial charge in [0.15, 0.2) is 0 Å². The lowest BCUT2D eigenvalue weighted by molar-refractivity contribution is 0.0206. The summed E-state index contributed by atoms with van der Waals surface area (Å²) < 4.78 is 17.1. The molecule has 35 heavy (non-hydrogen) atoms. The SMILES string of the molecule is CC1CCc2ccc(CCCCOC3CCN(C(=O)OC(C)(C)C)C3)nc2N1C(=O)OC(C)(C)C. The lowest BCUT2D eigenvalue weighted by Gasteiger charge is -2.35. The summed E-state index contributed by atoms with van der Waals surface area (Å²) in [6.45, 7) is 15.2. The molecule has 0 bridgehead atoms. The van der Waals surface area contributed by atoms with E-state index in [0.29, 0.717) is 19.7 Å². The fourth-order valence-electron chi connectivity index (χ4n) is 4.35. The van der Waals surface area contributed by atoms with Crippen molar-refractivity contribution >= 4 is 18.0 Å². The molecule has 3 rings (SSSR count). The van der Waals surface area contributed by atoms with Crippen molar-refractivity contribution in [1.29, 1.82) is 0 Å². The summed E-state index contributed by atoms with van der Waals surface area (Å²) in [5.74, 6) is 0.736. The van der Waals surface area contributed by atoms with Crippen LogP contribution in [0.3, 0.4) is 0 Å². The van der Waals surface area contributed by atoms with Crippen LogP contribution in [0.4, 0.5) is 15.4 Å². The Labute approximate surface area is 210 Å². The second kappa shape index (κ2) is 11.1. The highest BCUT2D eigenvalue weighted by Gasteiger charge is 2.33. The second-order valence-electron chi connectivity index (χ2n) is 11.7. The number of rotatable bonds is 6. The molecule has 1 aromatic heterocycles. The van der Waals surface area contributed by atoms with Gasteiger partial charge in [0, 0.05) is 24.9 Å². The highest BCUT2D eigenvalue weighted by Crippen LogP contribution is 2.31. The average Bonchev–Trinajstić information content (AvgIpc) is 3.20. The van der Waals surface area contributed by atoms with E-state index in [1.54, 1.807) is 9.80 Å². The topological polar surface area (TPSA) is 81.2 Å². The zero-order valence-electron chi connectivity index (χ0n) is 22.6. The summed E-state index contributed by atoms with van der Waals surface area (Å²) in [6.07, 6.45) is 4.79. The average molecular weight is 490 g/mol. The van der Waals surface area contributed by atoms with Crippen LogP contribution in [0, 0.1) is 0 Å². The monoisotopic (exact) mass is 489 g/mol. The summed E-state index contributed by atoms with van der Waals surface area (Å²) in [7, 11) is 0. The maximum atomic E-state index is 12.9. The van der Waals surface area contributed by atoms with E-state index in [0.717, 1.165) is 55.6 Å². The minimum atomic E-state index is -0.546. The molecule has 196 valence electrons. The van der Waals surface area contributed by atoms with Crippen LogP contribution < -0.4 is 4.90 Å². The molecular weight excluding hydrogens is 446 g/mol. The van der Waals surface area contributed by atoms with Crippen LogP contribution in [0.2, 0.25) is 0 Å². The first-order valence-corrected chi connectivity index (χ1v) is 12.9. The van der Waals surface area contributed by atoms with Crippen molar-refractivity contribution in [2.24, 2.45) is 0 Å². The smallest absolute Gasteiger partial charge is 0.416 e. The summed E-state index contributed by atoms with van der Waals surface area (Å²) >= 11 is 0. The van der Waals surface area contributed by atoms with Crippen LogP contribution in [0.25, 0.3) is 0 Å². The molecule has 8 heteroatoms. The molecule has 2 aliphatic rings. The van der Waals surface area contributed by atoms with Crippen LogP contribution in [0.5, 0.6) is 0 Å². The number of anilines is 1. The van der Waals surface area contributed by atoms with E-state index in [1.807, 2.05) is 48.5 Å². The largest absolute Gasteiger partial charge is 0.444 e. The zero-order chi connectivity index (χ0) is 25.8. The molecule has 2 atom stereocenters. The van der Waals surface area contributed by atoms with Crippen LogP contribution in [-0.2, 0) is 27.1 Å². The molecule has 0 saturated carbocycles. The Morgan fingerprint density at radius 1 is 1.00 bits per heavy atom. The molecule has 0 N–H and O–H groups in total. The maximum absolute atomic E-state index is 12.9. The Balaban J connectivity index is 1.46. The normalized spacial score (nSPS) is 20.5. The van der Waals surface area contributed by atoms with Crippen molar-refractivity contribution in [2.75, 3.05) is 24.6 Å². The molecule has 2 unspecified atom stereocenters. The first kappa shape index (κ1) is 27.2. The second-order valence-corrected chi connectivity index (χ2v) is 11.7. The number of likely N-dealkylation sites (tertiary alicyclic amines) is 1. The van der Waals surface area contributed by atoms with Crippen LogP contribution in [0.1, 0.15) is 85.4 Å². The molecule has 0 aromatic carbocycles. The highest BCUT2D eigenvalue weighted by molar-refractivity contribution is 5.88. The number of unbranched alkanes of at least 4 members (excludes halogenated alkanes) is 1. The third-order valence-electron chi connectivity index (χ3n) is 6.08. The summed E-state index contributed by atoms with van der Waals surface area (Å²) in [6, 6.07) is 4.22. The van der Waals surface area contributed by atoms with Crippen molar-refractivity contribution in [2.45, 2.75) is 110 Å². The van der Waals surface area contributed by atoms with Crippen LogP contribution >= 0.6 is 0 Å². The Hall–Kier alpha value is -2.35. The Kier molecular flexibility index (Phi) is 8.67. The van der Waals surface area contributed by atoms with E-state index >= 15 is 0 Å². The number of amides is 2. The van der Waals surface area contributed by atoms with Gasteiger partial charge in [0.25, 0.3) is 0 Å². The molecule has 0 spiro atoms. The van der Waals surface area contributed by atoms with E-state index in [1.165, 1.54) is 0 Å². The number of carbonyl (C=O) groups is 2. The summed E-state index contributed by atoms with van der Waals surface area (Å²) in [5.41, 5.74) is 1.04. The summed E-state index contributed by atoms with van der Waals surface area (Å²) in [5, 5.41) is 0. The Bertz CT molecular complexity index is 890. The third-order valence-corrected chi connectivity index (χ3v) is 6.08. The van der Waals surface area contributed by atoms with Gasteiger partial charge in [-0.3, -0.25) is 4.90 Å². The first-order valence-electron chi connectivity index (χ1n) is 12.9. The fraction of sp³-hybridized carbons (Fsp3) is 0.741. The van der Waals surface area contributed by atoms with Gasteiger partial charge in [-0.15, -0.1) is 0 Å². The third kappa shape index (κ3) is 8.09. The minimum Gasteiger partial charge on any atom is -0.444 e. The van der Waals surface area contributed by atoms with Crippen molar-refractivity contribution in [3.63, 3.8) is 0 Å². The molecule has 2 aliphatic heterocycles. The van der Waals surface area contributed by atoms with Crippen molar-refractivity contribution in [1.82, 2.24) is 9.88 Å². The standard InChI is InChI=1S/C27H43N3O5/c1-19-11-12-20-13-14-21(28-23(20)30(19)25(32)35-27(5,6)7)10-8-9-17-33-22-15-16-29(18-22)24(31)34-26(2,3)4/h13-14,19,22H,8-12,15-18H2,1-7H3. The molecule has 3 heterocycles. The van der Waals surface area contributed by atoms with Gasteiger partial charge >= 0.3 is 12.2 Å². The number of nitrogens with zero attached hydrogens (tertiary/aromatic N) is 3. The van der Waals surface area contributed by atoms with Gasteiger partial charge in [0.2, 0.25) is 0 Å². The number of pyridine rings is 1. The van der Waals surface area contributed by atoms with E-state index in [-0.39, 0.29) is 24.3 Å². The highest BCUT2D eigenvalue weighted by atomic mass is 16.6. The number of hydrogen-bond acceptors (Lipinski definition) is 6. The predicted octanol–water partition coefficient (Wildman–Crippen LogP) is 5.51. The number of fused-ring (bicyclic) bond motifs is 1. The van der Waals surface area contributed by atoms with Crippen LogP contribution in [-0.4, -0.2) is 65.1 Å². The number of aromatic nitrogens is 1. The lowest BCUT2D eigenvalue weighted by Crippen LogP contribution is -2.45. The van der Waals surface area contributed by atoms with Gasteiger partial charge in [-0.25, -0.2) is 14.6 Å². The van der Waals surface area contributed by atoms with Gasteiger partial charge < -0.3 is 19.1 Å². The minimum absolute atomic E-state index is 0.0557. The van der Waals surface area contributed by atoms with E-state index < -0.39 is 11.2 Å². The van der Waals surface area contributed by atoms with E-state index in [9.17, 15) is 9.59 Å². The Morgan fingerprint density at radius 3 is 2.37 bits per heavy atom. The predicted molar refractivity (Wildman–Crippen MR) is 136 cm³/mol. The molecule has 8 nitrogen and oxygen atoms in total. The first-order chi connectivity index (χ1) is 16.3. The summed E-state index contributed by atoms with van der Waals surface area (Å²) in [4.78, 5) is 33.4. The number of hydrogen-bond donors (Lipinski definition) is 0. The molecule has 1 fully saturated rings. The van der Waals surface area contributed by atoms with Crippen molar-refractivity contribution in [3.05, 3.63) is 23.4 Å². The van der Waals surface area contributed by atoms with Gasteiger partial charge in [0.1, 0.15) is 17.0 Å². The number of aryl methyl sites for hydroxylation is 2. The molecule has 1 saturated heterocycles. The van der Waals surface area contributed by atoms with Gasteiger partial charge in [-0.1, -0.05) is 6.07 Å². The number of ether oxygens (including phenoxy) is 3. The lowest BCUT2D eigenvalue weighted by atomic mass is 9.99. The fourth-order valence-corrected chi connectivity index (χ4v) is 4.35. The zero-order valence-corrected chi connectivity index (χ0v) is 22.6. The van der Waals surface area contributed by atoms with Crippen molar-refractivity contribution in [3.8, 4) is 0 Å². The Morgan fingerprint density at radius 2 is 1.69 bits per heavy atom. The maximum Gasteiger partial charge on any atom is 0.416 e. The molecule has 0 aliphatic carbocycles. The molecule has 2 amide bonds. The number of carbonyl (C=O) groups excluding carboxylic acids is 2. The van der Waals surface area contributed by atoms with Gasteiger partial charge in [-0.05, 0) is 98.6 Å². The molecular formula is C27H43N3O5.